The molecule has 0 aliphatic heterocycles. The second-order valence-electron chi connectivity index (χ2n) is 3.65. The summed E-state index contributed by atoms with van der Waals surface area (Å²) in [5.74, 6) is 8.19. The predicted molar refractivity (Wildman–Crippen MR) is 61.6 cm³/mol. The van der Waals surface area contributed by atoms with E-state index >= 15 is 0 Å². The first-order valence-electron chi connectivity index (χ1n) is 5.27. The van der Waals surface area contributed by atoms with E-state index in [-0.39, 0.29) is 11.6 Å². The molecule has 0 saturated heterocycles. The van der Waals surface area contributed by atoms with Crippen molar-refractivity contribution < 1.29 is 0 Å². The first kappa shape index (κ1) is 13.4. The maximum atomic E-state index is 5.47. The van der Waals surface area contributed by atoms with Gasteiger partial charge in [-0.1, -0.05) is 26.7 Å². The molecule has 3 nitrogen and oxygen atoms in total. The van der Waals surface area contributed by atoms with E-state index in [4.69, 9.17) is 12.3 Å². The molecule has 0 radical (unpaired) electrons. The van der Waals surface area contributed by atoms with Crippen LogP contribution in [-0.4, -0.2) is 29.6 Å². The molecule has 0 heterocycles. The molecule has 0 rings (SSSR count). The molecule has 0 bridgehead atoms. The summed E-state index contributed by atoms with van der Waals surface area (Å²) in [6.45, 7) is 10.6. The largest absolute Gasteiger partial charge is 0.296 e. The minimum Gasteiger partial charge on any atom is -0.296 e. The Morgan fingerprint density at radius 1 is 1.43 bits per heavy atom. The summed E-state index contributed by atoms with van der Waals surface area (Å²) in [6.07, 6.45) is 6.45. The highest BCUT2D eigenvalue weighted by atomic mass is 15.3. The van der Waals surface area contributed by atoms with E-state index in [0.29, 0.717) is 0 Å². The van der Waals surface area contributed by atoms with Gasteiger partial charge in [-0.3, -0.25) is 10.7 Å². The first-order chi connectivity index (χ1) is 6.60. The van der Waals surface area contributed by atoms with Crippen LogP contribution in [-0.2, 0) is 0 Å². The third-order valence-electron chi connectivity index (χ3n) is 3.16. The van der Waals surface area contributed by atoms with Gasteiger partial charge in [0, 0.05) is 5.54 Å². The molecule has 2 unspecified atom stereocenters. The topological polar surface area (TPSA) is 41.3 Å². The number of hydrazine groups is 1. The number of nitrogens with zero attached hydrogens (tertiary/aromatic N) is 1. The second-order valence-corrected chi connectivity index (χ2v) is 3.65. The molecule has 0 fully saturated rings. The maximum absolute atomic E-state index is 5.47. The van der Waals surface area contributed by atoms with Crippen molar-refractivity contribution in [3.8, 4) is 12.3 Å². The summed E-state index contributed by atoms with van der Waals surface area (Å²) in [4.78, 5) is 2.34. The summed E-state index contributed by atoms with van der Waals surface area (Å²) in [7, 11) is 0. The van der Waals surface area contributed by atoms with E-state index in [9.17, 15) is 0 Å². The number of hydrogen-bond donors (Lipinski definition) is 2. The lowest BCUT2D eigenvalue weighted by molar-refractivity contribution is 0.0896. The van der Waals surface area contributed by atoms with Gasteiger partial charge in [-0.25, -0.2) is 5.43 Å². The zero-order valence-corrected chi connectivity index (χ0v) is 9.80. The van der Waals surface area contributed by atoms with E-state index in [1.165, 1.54) is 0 Å². The zero-order chi connectivity index (χ0) is 11.2. The van der Waals surface area contributed by atoms with Crippen LogP contribution in [0.2, 0.25) is 0 Å². The van der Waals surface area contributed by atoms with Gasteiger partial charge in [0.25, 0.3) is 0 Å². The van der Waals surface area contributed by atoms with Crippen molar-refractivity contribution in [3.05, 3.63) is 0 Å². The van der Waals surface area contributed by atoms with Crippen molar-refractivity contribution in [2.75, 3.05) is 13.1 Å². The van der Waals surface area contributed by atoms with Gasteiger partial charge in [-0.2, -0.15) is 0 Å². The fraction of sp³-hybridized carbons (Fsp3) is 0.818. The van der Waals surface area contributed by atoms with E-state index in [1.54, 1.807) is 0 Å². The van der Waals surface area contributed by atoms with Gasteiger partial charge in [0.05, 0.1) is 6.04 Å². The van der Waals surface area contributed by atoms with Gasteiger partial charge in [-0.05, 0) is 26.4 Å². The molecule has 3 heteroatoms. The average molecular weight is 197 g/mol. The summed E-state index contributed by atoms with van der Waals surface area (Å²) in [5, 5.41) is 0. The lowest BCUT2D eigenvalue weighted by Gasteiger charge is -2.43. The molecule has 0 spiro atoms. The van der Waals surface area contributed by atoms with E-state index < -0.39 is 0 Å². The standard InChI is InChI=1S/C11H23N3/c1-6-10(13-12)11(5,7-2)14(8-3)9-4/h1,10,13H,7-9,12H2,2-5H3. The van der Waals surface area contributed by atoms with Crippen LogP contribution in [0.15, 0.2) is 0 Å². The zero-order valence-electron chi connectivity index (χ0n) is 9.80. The molecule has 14 heavy (non-hydrogen) atoms. The Morgan fingerprint density at radius 2 is 1.93 bits per heavy atom. The third kappa shape index (κ3) is 2.48. The molecule has 0 aromatic carbocycles. The smallest absolute Gasteiger partial charge is 0.0994 e. The molecule has 0 amide bonds. The van der Waals surface area contributed by atoms with E-state index in [0.717, 1.165) is 19.5 Å². The fourth-order valence-electron chi connectivity index (χ4n) is 1.96. The molecule has 0 aromatic heterocycles. The van der Waals surface area contributed by atoms with Crippen LogP contribution in [0.4, 0.5) is 0 Å². The molecule has 0 aliphatic rings. The summed E-state index contributed by atoms with van der Waals surface area (Å²) in [6, 6.07) is -0.104. The van der Waals surface area contributed by atoms with Gasteiger partial charge < -0.3 is 0 Å². The van der Waals surface area contributed by atoms with Gasteiger partial charge in [0.1, 0.15) is 0 Å². The maximum Gasteiger partial charge on any atom is 0.0994 e. The summed E-state index contributed by atoms with van der Waals surface area (Å²) in [5.41, 5.74) is 2.65. The van der Waals surface area contributed by atoms with Crippen LogP contribution in [0.25, 0.3) is 0 Å². The quantitative estimate of drug-likeness (QED) is 0.378. The van der Waals surface area contributed by atoms with Gasteiger partial charge in [0.15, 0.2) is 0 Å². The SMILES string of the molecule is C#CC(NN)C(C)(CC)N(CC)CC. The number of rotatable bonds is 6. The molecule has 82 valence electrons. The summed E-state index contributed by atoms with van der Waals surface area (Å²) >= 11 is 0. The molecule has 0 saturated carbocycles. The highest BCUT2D eigenvalue weighted by Crippen LogP contribution is 2.22. The Hall–Kier alpha value is -0.560. The van der Waals surface area contributed by atoms with Crippen LogP contribution in [0.1, 0.15) is 34.1 Å². The Bertz CT molecular complexity index is 193. The average Bonchev–Trinajstić information content (AvgIpc) is 2.21. The predicted octanol–water partition coefficient (Wildman–Crippen LogP) is 0.962. The van der Waals surface area contributed by atoms with Crippen molar-refractivity contribution >= 4 is 0 Å². The van der Waals surface area contributed by atoms with E-state index in [1.807, 2.05) is 0 Å². The van der Waals surface area contributed by atoms with Gasteiger partial charge >= 0.3 is 0 Å². The highest BCUT2D eigenvalue weighted by Gasteiger charge is 2.35. The Labute approximate surface area is 88.0 Å². The molecular formula is C11H23N3. The molecular weight excluding hydrogens is 174 g/mol. The van der Waals surface area contributed by atoms with Crippen LogP contribution >= 0.6 is 0 Å². The normalized spacial score (nSPS) is 17.5. The minimum atomic E-state index is -0.104. The molecule has 0 aliphatic carbocycles. The van der Waals surface area contributed by atoms with Crippen molar-refractivity contribution in [2.45, 2.75) is 45.7 Å². The Balaban J connectivity index is 4.84. The number of nitrogens with two attached hydrogens (primary N) is 1. The fourth-order valence-corrected chi connectivity index (χ4v) is 1.96. The molecule has 0 aromatic rings. The summed E-state index contributed by atoms with van der Waals surface area (Å²) < 4.78 is 0. The number of nitrogens with one attached hydrogen (secondary N) is 1. The lowest BCUT2D eigenvalue weighted by Crippen LogP contribution is -2.60. The Morgan fingerprint density at radius 3 is 2.14 bits per heavy atom. The van der Waals surface area contributed by atoms with Crippen molar-refractivity contribution in [3.63, 3.8) is 0 Å². The van der Waals surface area contributed by atoms with Gasteiger partial charge in [-0.15, -0.1) is 6.42 Å². The number of likely N-dealkylation sites (N-methyl/N-ethyl adjacent to an activating group) is 1. The number of terminal acetylenes is 1. The van der Waals surface area contributed by atoms with Crippen LogP contribution in [0, 0.1) is 12.3 Å². The Kier molecular flexibility index (Phi) is 5.78. The monoisotopic (exact) mass is 197 g/mol. The van der Waals surface area contributed by atoms with Gasteiger partial charge in [0.2, 0.25) is 0 Å². The third-order valence-corrected chi connectivity index (χ3v) is 3.16. The van der Waals surface area contributed by atoms with Crippen molar-refractivity contribution in [1.29, 1.82) is 0 Å². The van der Waals surface area contributed by atoms with Crippen LogP contribution < -0.4 is 11.3 Å². The molecule has 2 atom stereocenters. The van der Waals surface area contributed by atoms with E-state index in [2.05, 4.69) is 43.9 Å². The van der Waals surface area contributed by atoms with Crippen molar-refractivity contribution in [1.82, 2.24) is 10.3 Å². The lowest BCUT2D eigenvalue weighted by atomic mass is 9.88. The second kappa shape index (κ2) is 6.02. The minimum absolute atomic E-state index is 0.0625. The highest BCUT2D eigenvalue weighted by molar-refractivity contribution is 5.11. The first-order valence-corrected chi connectivity index (χ1v) is 5.27. The van der Waals surface area contributed by atoms with Crippen LogP contribution in [0.3, 0.4) is 0 Å². The van der Waals surface area contributed by atoms with Crippen LogP contribution in [0.5, 0.6) is 0 Å². The van der Waals surface area contributed by atoms with Crippen molar-refractivity contribution in [2.24, 2.45) is 5.84 Å². The molecule has 3 N–H and O–H groups in total. The number of hydrogen-bond acceptors (Lipinski definition) is 3.